The largest absolute Gasteiger partial charge is 0.362 e. The van der Waals surface area contributed by atoms with Gasteiger partial charge in [0.2, 0.25) is 0 Å². The standard InChI is InChI=1S/C26H19Cl2N5O2/c27-15-6-9-22(28)24(11-15)33-26(35)31-18-4-1-3-17(12-18)30-19-7-8-20-21(13-16-5-2-10-29-16)25(34)32-23(20)14-19/h1-14,29-30H,(H,32,34)(H2,31,33,35)/b21-13+. The third kappa shape index (κ3) is 5.16. The van der Waals surface area contributed by atoms with Crippen LogP contribution in [0.1, 0.15) is 11.3 Å². The van der Waals surface area contributed by atoms with Crippen LogP contribution in [0.2, 0.25) is 10.0 Å². The molecule has 0 aliphatic carbocycles. The third-order valence-electron chi connectivity index (χ3n) is 5.31. The normalized spacial score (nSPS) is 13.3. The van der Waals surface area contributed by atoms with Crippen LogP contribution >= 0.6 is 23.2 Å². The lowest BCUT2D eigenvalue weighted by atomic mass is 10.1. The van der Waals surface area contributed by atoms with E-state index in [1.54, 1.807) is 30.3 Å². The van der Waals surface area contributed by atoms with Crippen molar-refractivity contribution < 1.29 is 9.59 Å². The number of H-pyrrole nitrogens is 1. The van der Waals surface area contributed by atoms with Gasteiger partial charge in [-0.25, -0.2) is 4.79 Å². The lowest BCUT2D eigenvalue weighted by molar-refractivity contribution is -0.110. The summed E-state index contributed by atoms with van der Waals surface area (Å²) in [5.74, 6) is -0.149. The molecule has 0 spiro atoms. The first-order valence-corrected chi connectivity index (χ1v) is 11.4. The number of aromatic amines is 1. The van der Waals surface area contributed by atoms with Gasteiger partial charge in [-0.15, -0.1) is 0 Å². The van der Waals surface area contributed by atoms with Gasteiger partial charge in [0, 0.05) is 39.5 Å². The number of halogens is 2. The zero-order valence-electron chi connectivity index (χ0n) is 18.2. The predicted molar refractivity (Wildman–Crippen MR) is 143 cm³/mol. The maximum absolute atomic E-state index is 12.5. The molecule has 1 aliphatic heterocycles. The number of urea groups is 1. The minimum atomic E-state index is -0.451. The summed E-state index contributed by atoms with van der Waals surface area (Å²) < 4.78 is 0. The summed E-state index contributed by atoms with van der Waals surface area (Å²) in [7, 11) is 0. The SMILES string of the molecule is O=C(Nc1cccc(Nc2ccc3c(c2)NC(=O)/C3=C/c2ccc[nH]2)c1)Nc1cc(Cl)ccc1Cl. The van der Waals surface area contributed by atoms with Gasteiger partial charge in [0.1, 0.15) is 0 Å². The van der Waals surface area contributed by atoms with Crippen molar-refractivity contribution in [3.63, 3.8) is 0 Å². The Morgan fingerprint density at radius 2 is 1.69 bits per heavy atom. The highest BCUT2D eigenvalue weighted by molar-refractivity contribution is 6.36. The van der Waals surface area contributed by atoms with E-state index in [1.807, 2.05) is 54.7 Å². The molecule has 0 saturated carbocycles. The van der Waals surface area contributed by atoms with Gasteiger partial charge in [-0.3, -0.25) is 4.79 Å². The summed E-state index contributed by atoms with van der Waals surface area (Å²) in [6.07, 6.45) is 3.64. The molecule has 2 heterocycles. The molecule has 7 nitrogen and oxygen atoms in total. The minimum Gasteiger partial charge on any atom is -0.362 e. The average Bonchev–Trinajstić information content (AvgIpc) is 3.44. The highest BCUT2D eigenvalue weighted by Gasteiger charge is 2.24. The second-order valence-electron chi connectivity index (χ2n) is 7.81. The Hall–Kier alpha value is -4.20. The number of benzene rings is 3. The highest BCUT2D eigenvalue weighted by Crippen LogP contribution is 2.35. The molecule has 0 radical (unpaired) electrons. The number of anilines is 5. The molecule has 1 aliphatic rings. The molecule has 3 amide bonds. The molecule has 0 saturated heterocycles. The third-order valence-corrected chi connectivity index (χ3v) is 5.87. The van der Waals surface area contributed by atoms with E-state index >= 15 is 0 Å². The first kappa shape index (κ1) is 22.6. The molecule has 9 heteroatoms. The van der Waals surface area contributed by atoms with Crippen molar-refractivity contribution >= 4 is 75.2 Å². The molecule has 0 unspecified atom stereocenters. The molecule has 5 N–H and O–H groups in total. The Morgan fingerprint density at radius 1 is 0.857 bits per heavy atom. The maximum Gasteiger partial charge on any atom is 0.323 e. The van der Waals surface area contributed by atoms with E-state index in [4.69, 9.17) is 23.2 Å². The van der Waals surface area contributed by atoms with Crippen molar-refractivity contribution in [1.29, 1.82) is 0 Å². The molecule has 1 aromatic heterocycles. The fourth-order valence-electron chi connectivity index (χ4n) is 3.72. The minimum absolute atomic E-state index is 0.149. The van der Waals surface area contributed by atoms with Crippen LogP contribution in [0.25, 0.3) is 11.6 Å². The number of nitrogens with one attached hydrogen (secondary N) is 5. The molecule has 4 aromatic rings. The van der Waals surface area contributed by atoms with Crippen molar-refractivity contribution in [1.82, 2.24) is 4.98 Å². The topological polar surface area (TPSA) is 98.1 Å². The van der Waals surface area contributed by atoms with Crippen LogP contribution in [0.5, 0.6) is 0 Å². The van der Waals surface area contributed by atoms with Crippen LogP contribution in [0.4, 0.5) is 33.2 Å². The maximum atomic E-state index is 12.5. The second-order valence-corrected chi connectivity index (χ2v) is 8.65. The molecule has 5 rings (SSSR count). The van der Waals surface area contributed by atoms with Crippen LogP contribution in [0.3, 0.4) is 0 Å². The van der Waals surface area contributed by atoms with E-state index in [-0.39, 0.29) is 5.91 Å². The van der Waals surface area contributed by atoms with Gasteiger partial charge in [-0.2, -0.15) is 0 Å². The zero-order valence-corrected chi connectivity index (χ0v) is 19.7. The Bertz CT molecular complexity index is 1460. The van der Waals surface area contributed by atoms with Crippen LogP contribution in [-0.4, -0.2) is 16.9 Å². The second kappa shape index (κ2) is 9.58. The first-order valence-electron chi connectivity index (χ1n) is 10.7. The van der Waals surface area contributed by atoms with Gasteiger partial charge in [0.05, 0.1) is 22.0 Å². The molecule has 0 fully saturated rings. The van der Waals surface area contributed by atoms with Crippen molar-refractivity contribution in [2.45, 2.75) is 0 Å². The molecule has 0 atom stereocenters. The Morgan fingerprint density at radius 3 is 2.51 bits per heavy atom. The monoisotopic (exact) mass is 503 g/mol. The average molecular weight is 504 g/mol. The summed E-state index contributed by atoms with van der Waals surface area (Å²) in [6, 6.07) is 21.1. The molecule has 3 aromatic carbocycles. The van der Waals surface area contributed by atoms with Crippen LogP contribution < -0.4 is 21.3 Å². The quantitative estimate of drug-likeness (QED) is 0.186. The first-order chi connectivity index (χ1) is 16.9. The van der Waals surface area contributed by atoms with E-state index < -0.39 is 6.03 Å². The van der Waals surface area contributed by atoms with E-state index in [1.165, 1.54) is 0 Å². The van der Waals surface area contributed by atoms with Gasteiger partial charge < -0.3 is 26.3 Å². The predicted octanol–water partition coefficient (Wildman–Crippen LogP) is 7.20. The number of aromatic nitrogens is 1. The summed E-state index contributed by atoms with van der Waals surface area (Å²) >= 11 is 12.1. The van der Waals surface area contributed by atoms with Gasteiger partial charge in [0.25, 0.3) is 5.91 Å². The van der Waals surface area contributed by atoms with Crippen molar-refractivity contribution in [2.24, 2.45) is 0 Å². The summed E-state index contributed by atoms with van der Waals surface area (Å²) in [6.45, 7) is 0. The molecular formula is C26H19Cl2N5O2. The Labute approximate surface area is 211 Å². The van der Waals surface area contributed by atoms with Crippen molar-refractivity contribution in [3.8, 4) is 0 Å². The van der Waals surface area contributed by atoms with E-state index in [2.05, 4.69) is 26.3 Å². The number of amides is 3. The molecular weight excluding hydrogens is 485 g/mol. The highest BCUT2D eigenvalue weighted by atomic mass is 35.5. The lowest BCUT2D eigenvalue weighted by Crippen LogP contribution is -2.19. The summed E-state index contributed by atoms with van der Waals surface area (Å²) in [5, 5.41) is 12.5. The van der Waals surface area contributed by atoms with E-state index in [9.17, 15) is 9.59 Å². The zero-order chi connectivity index (χ0) is 24.4. The smallest absolute Gasteiger partial charge is 0.323 e. The van der Waals surface area contributed by atoms with Gasteiger partial charge in [-0.05, 0) is 66.7 Å². The van der Waals surface area contributed by atoms with E-state index in [0.29, 0.717) is 27.0 Å². The summed E-state index contributed by atoms with van der Waals surface area (Å²) in [4.78, 5) is 28.0. The van der Waals surface area contributed by atoms with Gasteiger partial charge in [0.15, 0.2) is 0 Å². The Kier molecular flexibility index (Phi) is 6.18. The molecule has 0 bridgehead atoms. The van der Waals surface area contributed by atoms with Gasteiger partial charge in [-0.1, -0.05) is 35.3 Å². The number of carbonyl (C=O) groups excluding carboxylic acids is 2. The number of carbonyl (C=O) groups is 2. The van der Waals surface area contributed by atoms with Crippen LogP contribution in [-0.2, 0) is 4.79 Å². The van der Waals surface area contributed by atoms with Gasteiger partial charge >= 0.3 is 6.03 Å². The number of fused-ring (bicyclic) bond motifs is 1. The van der Waals surface area contributed by atoms with Crippen LogP contribution in [0.15, 0.2) is 79.0 Å². The molecule has 174 valence electrons. The van der Waals surface area contributed by atoms with Crippen molar-refractivity contribution in [2.75, 3.05) is 21.3 Å². The van der Waals surface area contributed by atoms with E-state index in [0.717, 1.165) is 28.3 Å². The number of hydrogen-bond acceptors (Lipinski definition) is 3. The fraction of sp³-hybridized carbons (Fsp3) is 0. The Balaban J connectivity index is 1.29. The molecule has 35 heavy (non-hydrogen) atoms. The number of hydrogen-bond donors (Lipinski definition) is 5. The fourth-order valence-corrected chi connectivity index (χ4v) is 4.06. The van der Waals surface area contributed by atoms with Crippen molar-refractivity contribution in [3.05, 3.63) is 100 Å². The van der Waals surface area contributed by atoms with Crippen LogP contribution in [0, 0.1) is 0 Å². The summed E-state index contributed by atoms with van der Waals surface area (Å²) in [5.41, 5.74) is 5.56. The number of rotatable bonds is 5. The lowest BCUT2D eigenvalue weighted by Gasteiger charge is -2.12.